The molecule has 0 saturated heterocycles. The number of amides is 3. The predicted molar refractivity (Wildman–Crippen MR) is 149 cm³/mol. The monoisotopic (exact) mass is 523 g/mol. The molecule has 8 nitrogen and oxygen atoms in total. The van der Waals surface area contributed by atoms with Crippen molar-refractivity contribution in [1.29, 1.82) is 0 Å². The molecule has 8 heteroatoms. The Kier molecular flexibility index (Phi) is 10.5. The number of ether oxygens (including phenoxy) is 1. The molecule has 2 aromatic rings. The smallest absolute Gasteiger partial charge is 0.408 e. The van der Waals surface area contributed by atoms with Gasteiger partial charge in [-0.05, 0) is 77.3 Å². The molecule has 2 atom stereocenters. The molecule has 0 aliphatic heterocycles. The summed E-state index contributed by atoms with van der Waals surface area (Å²) in [6.07, 6.45) is 0.935. The predicted octanol–water partition coefficient (Wildman–Crippen LogP) is 4.73. The Bertz CT molecular complexity index is 1140. The molecule has 2 aromatic carbocycles. The minimum atomic E-state index is -1.05. The van der Waals surface area contributed by atoms with E-state index in [4.69, 9.17) is 4.74 Å². The van der Waals surface area contributed by atoms with Crippen molar-refractivity contribution in [2.24, 2.45) is 0 Å². The van der Waals surface area contributed by atoms with E-state index in [2.05, 4.69) is 17.2 Å². The molecule has 0 spiro atoms. The highest BCUT2D eigenvalue weighted by atomic mass is 16.6. The van der Waals surface area contributed by atoms with E-state index in [1.165, 1.54) is 17.0 Å². The number of nitrogens with zero attached hydrogens (tertiary/aromatic N) is 1. The first-order chi connectivity index (χ1) is 17.7. The molecule has 3 N–H and O–H groups in total. The van der Waals surface area contributed by atoms with Crippen LogP contribution in [-0.4, -0.2) is 52.1 Å². The lowest BCUT2D eigenvalue weighted by molar-refractivity contribution is -0.142. The highest BCUT2D eigenvalue weighted by molar-refractivity contribution is 5.92. The van der Waals surface area contributed by atoms with Crippen molar-refractivity contribution in [2.75, 3.05) is 6.54 Å². The molecular formula is C30H41N3O5. The number of rotatable bonds is 10. The van der Waals surface area contributed by atoms with Crippen molar-refractivity contribution >= 4 is 17.9 Å². The SMILES string of the molecule is C=CCN(C(=O)C(Cc1ccc(O)cc1)NC(=O)OC(C)(C)C)C(C(=O)NC(C)C)c1cc(C)ccc1C. The van der Waals surface area contributed by atoms with Gasteiger partial charge in [-0.2, -0.15) is 0 Å². The summed E-state index contributed by atoms with van der Waals surface area (Å²) in [6, 6.07) is 10.0. The quantitative estimate of drug-likeness (QED) is 0.391. The van der Waals surface area contributed by atoms with E-state index in [1.54, 1.807) is 39.0 Å². The summed E-state index contributed by atoms with van der Waals surface area (Å²) in [4.78, 5) is 42.0. The Morgan fingerprint density at radius 3 is 2.24 bits per heavy atom. The van der Waals surface area contributed by atoms with Crippen molar-refractivity contribution < 1.29 is 24.2 Å². The third-order valence-electron chi connectivity index (χ3n) is 5.69. The van der Waals surface area contributed by atoms with Crippen molar-refractivity contribution in [3.05, 3.63) is 77.4 Å². The summed E-state index contributed by atoms with van der Waals surface area (Å²) in [5.41, 5.74) is 2.45. The van der Waals surface area contributed by atoms with Crippen LogP contribution in [0.2, 0.25) is 0 Å². The average Bonchev–Trinajstić information content (AvgIpc) is 2.79. The highest BCUT2D eigenvalue weighted by Crippen LogP contribution is 2.27. The van der Waals surface area contributed by atoms with Gasteiger partial charge in [0.05, 0.1) is 0 Å². The molecular weight excluding hydrogens is 482 g/mol. The van der Waals surface area contributed by atoms with Gasteiger partial charge in [0.25, 0.3) is 0 Å². The zero-order valence-corrected chi connectivity index (χ0v) is 23.5. The lowest BCUT2D eigenvalue weighted by Crippen LogP contribution is -2.54. The second-order valence-corrected chi connectivity index (χ2v) is 10.8. The Morgan fingerprint density at radius 1 is 1.05 bits per heavy atom. The molecule has 0 aliphatic rings. The molecule has 2 unspecified atom stereocenters. The number of benzene rings is 2. The lowest BCUT2D eigenvalue weighted by Gasteiger charge is -2.35. The van der Waals surface area contributed by atoms with Gasteiger partial charge in [-0.15, -0.1) is 6.58 Å². The number of alkyl carbamates (subject to hydrolysis) is 1. The fraction of sp³-hybridized carbons (Fsp3) is 0.433. The van der Waals surface area contributed by atoms with E-state index in [1.807, 2.05) is 45.9 Å². The van der Waals surface area contributed by atoms with E-state index in [0.717, 1.165) is 11.1 Å². The zero-order chi connectivity index (χ0) is 28.6. The largest absolute Gasteiger partial charge is 0.508 e. The summed E-state index contributed by atoms with van der Waals surface area (Å²) in [5, 5.41) is 15.3. The molecule has 0 aliphatic carbocycles. The zero-order valence-electron chi connectivity index (χ0n) is 23.5. The Labute approximate surface area is 226 Å². The van der Waals surface area contributed by atoms with Crippen LogP contribution in [0.4, 0.5) is 4.79 Å². The van der Waals surface area contributed by atoms with Crippen LogP contribution in [0.3, 0.4) is 0 Å². The first-order valence-electron chi connectivity index (χ1n) is 12.8. The van der Waals surface area contributed by atoms with Gasteiger partial charge in [0.15, 0.2) is 0 Å². The van der Waals surface area contributed by atoms with E-state index in [-0.39, 0.29) is 30.7 Å². The number of aromatic hydroxyl groups is 1. The second-order valence-electron chi connectivity index (χ2n) is 10.8. The molecule has 38 heavy (non-hydrogen) atoms. The van der Waals surface area contributed by atoms with E-state index in [9.17, 15) is 19.5 Å². The van der Waals surface area contributed by atoms with Crippen LogP contribution in [0.25, 0.3) is 0 Å². The summed E-state index contributed by atoms with van der Waals surface area (Å²) >= 11 is 0. The maximum atomic E-state index is 14.2. The standard InChI is InChI=1S/C30H41N3O5/c1-9-16-33(26(27(35)31-19(2)3)24-17-20(4)10-11-21(24)5)28(36)25(32-29(37)38-30(6,7)8)18-22-12-14-23(34)15-13-22/h9-15,17,19,25-26,34H,1,16,18H2,2-8H3,(H,31,35)(H,32,37). The molecule has 3 amide bonds. The Morgan fingerprint density at radius 2 is 1.68 bits per heavy atom. The summed E-state index contributed by atoms with van der Waals surface area (Å²) in [5.74, 6) is -0.705. The van der Waals surface area contributed by atoms with Gasteiger partial charge in [-0.25, -0.2) is 4.79 Å². The Balaban J connectivity index is 2.58. The summed E-state index contributed by atoms with van der Waals surface area (Å²) in [7, 11) is 0. The summed E-state index contributed by atoms with van der Waals surface area (Å²) < 4.78 is 5.43. The van der Waals surface area contributed by atoms with E-state index >= 15 is 0 Å². The van der Waals surface area contributed by atoms with E-state index in [0.29, 0.717) is 11.1 Å². The van der Waals surface area contributed by atoms with Crippen LogP contribution < -0.4 is 10.6 Å². The first kappa shape index (κ1) is 30.4. The summed E-state index contributed by atoms with van der Waals surface area (Å²) in [6.45, 7) is 16.6. The minimum absolute atomic E-state index is 0.0739. The van der Waals surface area contributed by atoms with Gasteiger partial charge in [-0.1, -0.05) is 42.0 Å². The third kappa shape index (κ3) is 8.94. The van der Waals surface area contributed by atoms with Crippen molar-refractivity contribution in [3.8, 4) is 5.75 Å². The average molecular weight is 524 g/mol. The molecule has 206 valence electrons. The van der Waals surface area contributed by atoms with Gasteiger partial charge < -0.3 is 25.4 Å². The number of phenolic OH excluding ortho intramolecular Hbond substituents is 1. The van der Waals surface area contributed by atoms with Crippen LogP contribution in [0.1, 0.15) is 62.9 Å². The molecule has 0 fully saturated rings. The first-order valence-corrected chi connectivity index (χ1v) is 12.8. The molecule has 0 bridgehead atoms. The topological polar surface area (TPSA) is 108 Å². The third-order valence-corrected chi connectivity index (χ3v) is 5.69. The number of phenols is 1. The number of carbonyl (C=O) groups excluding carboxylic acids is 3. The fourth-order valence-corrected chi connectivity index (χ4v) is 4.05. The van der Waals surface area contributed by atoms with Crippen LogP contribution in [-0.2, 0) is 20.7 Å². The van der Waals surface area contributed by atoms with Crippen molar-refractivity contribution in [2.45, 2.75) is 78.6 Å². The normalized spacial score (nSPS) is 12.8. The van der Waals surface area contributed by atoms with Crippen molar-refractivity contribution in [3.63, 3.8) is 0 Å². The van der Waals surface area contributed by atoms with Gasteiger partial charge in [0.1, 0.15) is 23.4 Å². The van der Waals surface area contributed by atoms with Crippen LogP contribution in [0, 0.1) is 13.8 Å². The maximum Gasteiger partial charge on any atom is 0.408 e. The molecule has 2 rings (SSSR count). The number of hydrogen-bond acceptors (Lipinski definition) is 5. The van der Waals surface area contributed by atoms with Crippen LogP contribution in [0.15, 0.2) is 55.1 Å². The van der Waals surface area contributed by atoms with Crippen LogP contribution in [0.5, 0.6) is 5.75 Å². The number of carbonyl (C=O) groups is 3. The second kappa shape index (κ2) is 13.1. The van der Waals surface area contributed by atoms with Gasteiger partial charge >= 0.3 is 6.09 Å². The van der Waals surface area contributed by atoms with Gasteiger partial charge in [0.2, 0.25) is 11.8 Å². The maximum absolute atomic E-state index is 14.2. The van der Waals surface area contributed by atoms with E-state index < -0.39 is 29.7 Å². The lowest BCUT2D eigenvalue weighted by atomic mass is 9.95. The van der Waals surface area contributed by atoms with Crippen molar-refractivity contribution in [1.82, 2.24) is 15.5 Å². The number of hydrogen-bond donors (Lipinski definition) is 3. The minimum Gasteiger partial charge on any atom is -0.508 e. The molecule has 0 aromatic heterocycles. The molecule has 0 saturated carbocycles. The molecule has 0 radical (unpaired) electrons. The van der Waals surface area contributed by atoms with Crippen LogP contribution >= 0.6 is 0 Å². The Hall–Kier alpha value is -3.81. The van der Waals surface area contributed by atoms with Gasteiger partial charge in [-0.3, -0.25) is 9.59 Å². The fourth-order valence-electron chi connectivity index (χ4n) is 4.05. The highest BCUT2D eigenvalue weighted by Gasteiger charge is 2.36. The number of aryl methyl sites for hydroxylation is 2. The number of nitrogens with one attached hydrogen (secondary N) is 2. The molecule has 0 heterocycles. The van der Waals surface area contributed by atoms with Gasteiger partial charge in [0, 0.05) is 19.0 Å².